The number of fused-ring (bicyclic) bond motifs is 16. The van der Waals surface area contributed by atoms with Crippen LogP contribution in [0.3, 0.4) is 0 Å². The molecule has 13 rings (SSSR count). The highest BCUT2D eigenvalue weighted by Crippen LogP contribution is 2.45. The number of hydrogen-bond acceptors (Lipinski definition) is 2. The van der Waals surface area contributed by atoms with Gasteiger partial charge in [0.15, 0.2) is 0 Å². The van der Waals surface area contributed by atoms with Crippen LogP contribution < -0.4 is 25.9 Å². The summed E-state index contributed by atoms with van der Waals surface area (Å²) >= 11 is 0. The van der Waals surface area contributed by atoms with Gasteiger partial charge in [-0.1, -0.05) is 106 Å². The maximum atomic E-state index is 7.01. The smallest absolute Gasteiger partial charge is 0.260 e. The van der Waals surface area contributed by atoms with Crippen molar-refractivity contribution < 1.29 is 9.47 Å². The molecule has 2 aliphatic heterocycles. The molecule has 0 N–H and O–H groups in total. The summed E-state index contributed by atoms with van der Waals surface area (Å²) in [6, 6.07) is 44.9. The van der Waals surface area contributed by atoms with Crippen LogP contribution in [0.25, 0.3) is 76.2 Å². The number of para-hydroxylation sites is 4. The molecule has 6 heterocycles. The minimum Gasteiger partial charge on any atom is -0.458 e. The molecule has 238 valence electrons. The molecule has 51 heavy (non-hydrogen) atoms. The molecular formula is C46H29BN2O2. The molecule has 0 bridgehead atoms. The van der Waals surface area contributed by atoms with Gasteiger partial charge in [-0.2, -0.15) is 0 Å². The number of ether oxygens (including phenoxy) is 2. The maximum absolute atomic E-state index is 7.01. The molecule has 7 aromatic carbocycles. The lowest BCUT2D eigenvalue weighted by molar-refractivity contribution is 0.459. The van der Waals surface area contributed by atoms with Crippen LogP contribution in [0.1, 0.15) is 26.3 Å². The Kier molecular flexibility index (Phi) is 4.47. The van der Waals surface area contributed by atoms with E-state index >= 15 is 0 Å². The molecule has 0 radical (unpaired) electrons. The summed E-state index contributed by atoms with van der Waals surface area (Å²) < 4.78 is 18.9. The van der Waals surface area contributed by atoms with Crippen LogP contribution >= 0.6 is 0 Å². The second-order valence-corrected chi connectivity index (χ2v) is 15.7. The van der Waals surface area contributed by atoms with Gasteiger partial charge in [0.05, 0.1) is 33.1 Å². The van der Waals surface area contributed by atoms with Crippen molar-refractivity contribution in [2.45, 2.75) is 26.2 Å². The van der Waals surface area contributed by atoms with E-state index in [1.54, 1.807) is 0 Å². The third-order valence-electron chi connectivity index (χ3n) is 12.0. The predicted molar refractivity (Wildman–Crippen MR) is 212 cm³/mol. The Morgan fingerprint density at radius 1 is 0.431 bits per heavy atom. The molecule has 4 nitrogen and oxygen atoms in total. The first-order valence-corrected chi connectivity index (χ1v) is 17.9. The fraction of sp³-hybridized carbons (Fsp3) is 0.0870. The van der Waals surface area contributed by atoms with Crippen LogP contribution in [0.2, 0.25) is 0 Å². The van der Waals surface area contributed by atoms with Gasteiger partial charge < -0.3 is 18.3 Å². The lowest BCUT2D eigenvalue weighted by Gasteiger charge is -2.34. The van der Waals surface area contributed by atoms with Crippen molar-refractivity contribution in [2.24, 2.45) is 0 Å². The summed E-state index contributed by atoms with van der Waals surface area (Å²) in [6.07, 6.45) is 0. The zero-order valence-corrected chi connectivity index (χ0v) is 28.3. The number of rotatable bonds is 0. The minimum atomic E-state index is -0.0845. The third-order valence-corrected chi connectivity index (χ3v) is 12.0. The Balaban J connectivity index is 1.16. The monoisotopic (exact) mass is 652 g/mol. The van der Waals surface area contributed by atoms with E-state index in [0.29, 0.717) is 0 Å². The zero-order chi connectivity index (χ0) is 33.5. The van der Waals surface area contributed by atoms with Crippen LogP contribution in [0.5, 0.6) is 23.0 Å². The lowest BCUT2D eigenvalue weighted by Crippen LogP contribution is -2.57. The highest BCUT2D eigenvalue weighted by Gasteiger charge is 2.42. The van der Waals surface area contributed by atoms with E-state index in [4.69, 9.17) is 9.47 Å². The van der Waals surface area contributed by atoms with Crippen molar-refractivity contribution in [3.8, 4) is 23.0 Å². The second-order valence-electron chi connectivity index (χ2n) is 15.7. The first-order valence-electron chi connectivity index (χ1n) is 17.9. The first kappa shape index (κ1) is 26.6. The van der Waals surface area contributed by atoms with Crippen molar-refractivity contribution in [3.63, 3.8) is 0 Å². The molecule has 0 aliphatic carbocycles. The van der Waals surface area contributed by atoms with E-state index in [0.717, 1.165) is 28.5 Å². The van der Waals surface area contributed by atoms with E-state index in [2.05, 4.69) is 151 Å². The third kappa shape index (κ3) is 3.07. The zero-order valence-electron chi connectivity index (χ0n) is 28.3. The quantitative estimate of drug-likeness (QED) is 0.153. The highest BCUT2D eigenvalue weighted by molar-refractivity contribution is 6.98. The maximum Gasteiger partial charge on any atom is 0.260 e. The molecule has 0 saturated heterocycles. The molecule has 11 aromatic rings. The van der Waals surface area contributed by atoms with Crippen LogP contribution in [-0.2, 0) is 5.41 Å². The standard InChI is InChI=1S/C46H29BN2O2/c1-46(2,3)24-18-41-43-42(19-24)51-40-23-38-32(30-15-9-13-28-26-11-5-7-17-36(26)49(38)45(28)30)21-34(40)47(43)33-20-31-29-14-8-12-27-25-10-4-6-16-35(25)48(44(27)29)37(31)22-39(33)50-41/h4-23H,1-3H3. The molecule has 0 unspecified atom stereocenters. The van der Waals surface area contributed by atoms with E-state index in [1.807, 2.05) is 0 Å². The molecule has 0 atom stereocenters. The van der Waals surface area contributed by atoms with Gasteiger partial charge >= 0.3 is 0 Å². The number of hydrogen-bond donors (Lipinski definition) is 0. The molecule has 0 fully saturated rings. The van der Waals surface area contributed by atoms with Gasteiger partial charge in [0.25, 0.3) is 6.71 Å². The molecular weight excluding hydrogens is 623 g/mol. The van der Waals surface area contributed by atoms with Gasteiger partial charge in [-0.25, -0.2) is 0 Å². The first-order chi connectivity index (χ1) is 24.9. The van der Waals surface area contributed by atoms with E-state index in [9.17, 15) is 0 Å². The fourth-order valence-corrected chi connectivity index (χ4v) is 9.78. The van der Waals surface area contributed by atoms with Crippen molar-refractivity contribution >= 4 is 99.3 Å². The molecule has 4 aromatic heterocycles. The molecule has 5 heteroatoms. The summed E-state index contributed by atoms with van der Waals surface area (Å²) in [7, 11) is 0. The van der Waals surface area contributed by atoms with Crippen LogP contribution in [0, 0.1) is 0 Å². The summed E-state index contributed by atoms with van der Waals surface area (Å²) in [6.45, 7) is 6.72. The highest BCUT2D eigenvalue weighted by atomic mass is 16.5. The summed E-state index contributed by atoms with van der Waals surface area (Å²) in [4.78, 5) is 0. The summed E-state index contributed by atoms with van der Waals surface area (Å²) in [5.74, 6) is 3.60. The van der Waals surface area contributed by atoms with Gasteiger partial charge in [0.1, 0.15) is 23.0 Å². The summed E-state index contributed by atoms with van der Waals surface area (Å²) in [5, 5.41) is 10.2. The topological polar surface area (TPSA) is 27.3 Å². The van der Waals surface area contributed by atoms with Crippen LogP contribution in [0.15, 0.2) is 121 Å². The van der Waals surface area contributed by atoms with Gasteiger partial charge in [0.2, 0.25) is 0 Å². The Morgan fingerprint density at radius 3 is 1.33 bits per heavy atom. The SMILES string of the molecule is CC(C)(C)c1cc2c3c(c1)Oc1cc4c(cc1B3c1cc3c5cccc6c7ccccc7n(c3cc1O2)c65)c1cccc2c3ccccc3n4c21. The van der Waals surface area contributed by atoms with Crippen molar-refractivity contribution in [1.29, 1.82) is 0 Å². The van der Waals surface area contributed by atoms with Crippen LogP contribution in [0.4, 0.5) is 0 Å². The molecule has 0 spiro atoms. The normalized spacial score (nSPS) is 14.1. The number of benzene rings is 7. The van der Waals surface area contributed by atoms with Crippen LogP contribution in [-0.4, -0.2) is 15.5 Å². The van der Waals surface area contributed by atoms with Gasteiger partial charge in [-0.3, -0.25) is 0 Å². The van der Waals surface area contributed by atoms with Crippen molar-refractivity contribution in [2.75, 3.05) is 0 Å². The van der Waals surface area contributed by atoms with Crippen molar-refractivity contribution in [1.82, 2.24) is 8.80 Å². The Hall–Kier alpha value is -6.20. The Morgan fingerprint density at radius 2 is 0.863 bits per heavy atom. The van der Waals surface area contributed by atoms with E-state index in [1.165, 1.54) is 92.7 Å². The summed E-state index contributed by atoms with van der Waals surface area (Å²) in [5.41, 5.74) is 12.0. The second kappa shape index (κ2) is 8.56. The molecule has 0 amide bonds. The Labute approximate surface area is 292 Å². The van der Waals surface area contributed by atoms with E-state index in [-0.39, 0.29) is 12.1 Å². The van der Waals surface area contributed by atoms with E-state index < -0.39 is 0 Å². The average molecular weight is 653 g/mol. The van der Waals surface area contributed by atoms with Gasteiger partial charge in [-0.15, -0.1) is 0 Å². The number of aromatic nitrogens is 2. The Bertz CT molecular complexity index is 3150. The largest absolute Gasteiger partial charge is 0.458 e. The van der Waals surface area contributed by atoms with Gasteiger partial charge in [-0.05, 0) is 46.2 Å². The lowest BCUT2D eigenvalue weighted by atomic mass is 9.34. The van der Waals surface area contributed by atoms with Crippen molar-refractivity contribution in [3.05, 3.63) is 127 Å². The van der Waals surface area contributed by atoms with Gasteiger partial charge in [0, 0.05) is 60.7 Å². The average Bonchev–Trinajstić information content (AvgIpc) is 3.86. The fourth-order valence-electron chi connectivity index (χ4n) is 9.78. The molecule has 2 aliphatic rings. The minimum absolute atomic E-state index is 0.0427. The predicted octanol–water partition coefficient (Wildman–Crippen LogP) is 10.0. The molecule has 0 saturated carbocycles. The number of nitrogens with zero attached hydrogens (tertiary/aromatic N) is 2.